The molecule has 2 atom stereocenters. The first-order valence-corrected chi connectivity index (χ1v) is 9.56. The lowest BCUT2D eigenvalue weighted by molar-refractivity contribution is -0.128. The molecule has 6 heteroatoms. The first kappa shape index (κ1) is 23.4. The van der Waals surface area contributed by atoms with Crippen LogP contribution in [0, 0.1) is 25.7 Å². The van der Waals surface area contributed by atoms with Crippen molar-refractivity contribution in [3.8, 4) is 0 Å². The molecule has 1 saturated heterocycles. The Kier molecular flexibility index (Phi) is 8.30. The number of rotatable bonds is 5. The van der Waals surface area contributed by atoms with Crippen LogP contribution in [0.5, 0.6) is 0 Å². The highest BCUT2D eigenvalue weighted by Gasteiger charge is 2.34. The highest BCUT2D eigenvalue weighted by Crippen LogP contribution is 2.22. The summed E-state index contributed by atoms with van der Waals surface area (Å²) in [4.78, 5) is 27.5. The quantitative estimate of drug-likeness (QED) is 0.804. The van der Waals surface area contributed by atoms with Crippen LogP contribution in [0.4, 0.5) is 0 Å². The third-order valence-corrected chi connectivity index (χ3v) is 5.66. The molecule has 1 aliphatic heterocycles. The van der Waals surface area contributed by atoms with E-state index >= 15 is 0 Å². The normalized spacial score (nSPS) is 19.2. The zero-order valence-electron chi connectivity index (χ0n) is 17.2. The Morgan fingerprint density at radius 1 is 1.26 bits per heavy atom. The van der Waals surface area contributed by atoms with Crippen LogP contribution in [0.3, 0.4) is 0 Å². The minimum Gasteiger partial charge on any atom is -0.349 e. The number of hydrogen-bond donors (Lipinski definition) is 2. The lowest BCUT2D eigenvalue weighted by atomic mass is 9.87. The topological polar surface area (TPSA) is 75.4 Å². The monoisotopic (exact) mass is 395 g/mol. The summed E-state index contributed by atoms with van der Waals surface area (Å²) < 4.78 is 0. The van der Waals surface area contributed by atoms with Gasteiger partial charge in [0.05, 0.1) is 11.5 Å². The number of piperidine rings is 1. The number of halogens is 1. The smallest absolute Gasteiger partial charge is 0.253 e. The van der Waals surface area contributed by atoms with Gasteiger partial charge in [-0.2, -0.15) is 0 Å². The van der Waals surface area contributed by atoms with E-state index in [4.69, 9.17) is 5.73 Å². The van der Waals surface area contributed by atoms with Crippen LogP contribution in [0.1, 0.15) is 55.1 Å². The highest BCUT2D eigenvalue weighted by molar-refractivity contribution is 5.95. The molecular formula is C21H34ClN3O2. The molecule has 2 rings (SSSR count). The number of hydrogen-bond acceptors (Lipinski definition) is 3. The average Bonchev–Trinajstić information content (AvgIpc) is 2.60. The zero-order valence-corrected chi connectivity index (χ0v) is 18.0. The van der Waals surface area contributed by atoms with Gasteiger partial charge in [-0.3, -0.25) is 9.59 Å². The van der Waals surface area contributed by atoms with Crippen LogP contribution in [0.2, 0.25) is 0 Å². The molecule has 0 bridgehead atoms. The predicted octanol–water partition coefficient (Wildman–Crippen LogP) is 3.07. The fraction of sp³-hybridized carbons (Fsp3) is 0.619. The molecule has 2 amide bonds. The van der Waals surface area contributed by atoms with E-state index in [2.05, 4.69) is 25.2 Å². The predicted molar refractivity (Wildman–Crippen MR) is 112 cm³/mol. The lowest BCUT2D eigenvalue weighted by Gasteiger charge is -2.37. The summed E-state index contributed by atoms with van der Waals surface area (Å²) in [6, 6.07) is 5.90. The molecule has 1 aromatic rings. The second kappa shape index (κ2) is 9.56. The molecule has 3 N–H and O–H groups in total. The van der Waals surface area contributed by atoms with E-state index in [0.717, 1.165) is 24.0 Å². The molecule has 1 aromatic carbocycles. The molecule has 0 radical (unpaired) electrons. The Hall–Kier alpha value is -1.59. The molecule has 0 aliphatic carbocycles. The number of carbonyl (C=O) groups excluding carboxylic acids is 2. The lowest BCUT2D eigenvalue weighted by Crippen LogP contribution is -2.58. The van der Waals surface area contributed by atoms with Crippen LogP contribution < -0.4 is 11.1 Å². The van der Waals surface area contributed by atoms with E-state index < -0.39 is 5.54 Å². The molecule has 1 aliphatic rings. The summed E-state index contributed by atoms with van der Waals surface area (Å²) in [5.41, 5.74) is 8.33. The van der Waals surface area contributed by atoms with Crippen molar-refractivity contribution < 1.29 is 9.59 Å². The molecule has 5 nitrogen and oxygen atoms in total. The van der Waals surface area contributed by atoms with Crippen molar-refractivity contribution in [2.45, 2.75) is 53.0 Å². The fourth-order valence-corrected chi connectivity index (χ4v) is 3.47. The summed E-state index contributed by atoms with van der Waals surface area (Å²) in [5, 5.41) is 3.13. The third kappa shape index (κ3) is 5.69. The van der Waals surface area contributed by atoms with Gasteiger partial charge in [0, 0.05) is 25.2 Å². The standard InChI is InChI=1S/C21H33N3O2.ClH/c1-14(2)21(5,13-22)23-19(25)17-7-6-8-24(12-17)20(26)18-10-15(3)9-16(4)11-18;/h9-11,14,17H,6-8,12-13,22H2,1-5H3,(H,23,25);1H. The molecule has 0 spiro atoms. The average molecular weight is 396 g/mol. The van der Waals surface area contributed by atoms with E-state index in [9.17, 15) is 9.59 Å². The second-order valence-corrected chi connectivity index (χ2v) is 8.23. The number of amides is 2. The zero-order chi connectivity index (χ0) is 19.5. The number of likely N-dealkylation sites (tertiary alicyclic amines) is 1. The Balaban J connectivity index is 0.00000364. The van der Waals surface area contributed by atoms with Gasteiger partial charge in [0.15, 0.2) is 0 Å². The first-order chi connectivity index (χ1) is 12.2. The van der Waals surface area contributed by atoms with E-state index in [1.54, 1.807) is 0 Å². The summed E-state index contributed by atoms with van der Waals surface area (Å²) in [7, 11) is 0. The summed E-state index contributed by atoms with van der Waals surface area (Å²) in [5.74, 6) is 0.0839. The van der Waals surface area contributed by atoms with Crippen molar-refractivity contribution in [2.75, 3.05) is 19.6 Å². The van der Waals surface area contributed by atoms with Gasteiger partial charge in [0.1, 0.15) is 0 Å². The van der Waals surface area contributed by atoms with Crippen LogP contribution >= 0.6 is 12.4 Å². The van der Waals surface area contributed by atoms with E-state index in [1.807, 2.05) is 37.8 Å². The molecular weight excluding hydrogens is 362 g/mol. The van der Waals surface area contributed by atoms with Crippen molar-refractivity contribution in [2.24, 2.45) is 17.6 Å². The molecule has 152 valence electrons. The Bertz CT molecular complexity index is 657. The molecule has 27 heavy (non-hydrogen) atoms. The fourth-order valence-electron chi connectivity index (χ4n) is 3.47. The number of nitrogens with one attached hydrogen (secondary N) is 1. The Labute approximate surface area is 169 Å². The molecule has 0 saturated carbocycles. The van der Waals surface area contributed by atoms with E-state index in [1.165, 1.54) is 0 Å². The van der Waals surface area contributed by atoms with Gasteiger partial charge in [-0.25, -0.2) is 0 Å². The number of nitrogens with zero attached hydrogens (tertiary/aromatic N) is 1. The third-order valence-electron chi connectivity index (χ3n) is 5.66. The first-order valence-electron chi connectivity index (χ1n) is 9.56. The Morgan fingerprint density at radius 3 is 2.37 bits per heavy atom. The summed E-state index contributed by atoms with van der Waals surface area (Å²) >= 11 is 0. The van der Waals surface area contributed by atoms with Crippen LogP contribution in [0.25, 0.3) is 0 Å². The minimum atomic E-state index is -0.420. The molecule has 1 fully saturated rings. The Morgan fingerprint density at radius 2 is 1.85 bits per heavy atom. The van der Waals surface area contributed by atoms with Crippen molar-refractivity contribution in [1.82, 2.24) is 10.2 Å². The maximum absolute atomic E-state index is 12.9. The maximum atomic E-state index is 12.9. The van der Waals surface area contributed by atoms with Crippen LogP contribution in [-0.2, 0) is 4.79 Å². The minimum absolute atomic E-state index is 0. The summed E-state index contributed by atoms with van der Waals surface area (Å²) in [6.07, 6.45) is 1.65. The van der Waals surface area contributed by atoms with Gasteiger partial charge in [-0.15, -0.1) is 12.4 Å². The van der Waals surface area contributed by atoms with Gasteiger partial charge < -0.3 is 16.0 Å². The molecule has 0 aromatic heterocycles. The number of carbonyl (C=O) groups is 2. The number of benzene rings is 1. The van der Waals surface area contributed by atoms with E-state index in [-0.39, 0.29) is 36.1 Å². The van der Waals surface area contributed by atoms with Crippen molar-refractivity contribution in [1.29, 1.82) is 0 Å². The summed E-state index contributed by atoms with van der Waals surface area (Å²) in [6.45, 7) is 11.7. The van der Waals surface area contributed by atoms with Gasteiger partial charge in [0.2, 0.25) is 5.91 Å². The van der Waals surface area contributed by atoms with Gasteiger partial charge in [0.25, 0.3) is 5.91 Å². The SMILES string of the molecule is Cc1cc(C)cc(C(=O)N2CCCC(C(=O)NC(C)(CN)C(C)C)C2)c1.Cl. The number of aryl methyl sites for hydroxylation is 2. The number of nitrogens with two attached hydrogens (primary N) is 1. The van der Waals surface area contributed by atoms with Crippen molar-refractivity contribution in [3.05, 3.63) is 34.9 Å². The van der Waals surface area contributed by atoms with Crippen molar-refractivity contribution >= 4 is 24.2 Å². The maximum Gasteiger partial charge on any atom is 0.253 e. The van der Waals surface area contributed by atoms with Crippen molar-refractivity contribution in [3.63, 3.8) is 0 Å². The van der Waals surface area contributed by atoms with Crippen LogP contribution in [-0.4, -0.2) is 41.9 Å². The molecule has 2 unspecified atom stereocenters. The van der Waals surface area contributed by atoms with E-state index in [0.29, 0.717) is 25.2 Å². The highest BCUT2D eigenvalue weighted by atomic mass is 35.5. The van der Waals surface area contributed by atoms with Gasteiger partial charge >= 0.3 is 0 Å². The molecule has 1 heterocycles. The second-order valence-electron chi connectivity index (χ2n) is 8.23. The van der Waals surface area contributed by atoms with Gasteiger partial charge in [-0.1, -0.05) is 31.0 Å². The largest absolute Gasteiger partial charge is 0.349 e. The van der Waals surface area contributed by atoms with Crippen LogP contribution in [0.15, 0.2) is 18.2 Å². The van der Waals surface area contributed by atoms with Gasteiger partial charge in [-0.05, 0) is 51.7 Å².